The van der Waals surface area contributed by atoms with Gasteiger partial charge in [0.05, 0.1) is 17.1 Å². The predicted molar refractivity (Wildman–Crippen MR) is 106 cm³/mol. The zero-order valence-electron chi connectivity index (χ0n) is 15.8. The molecule has 1 atom stereocenters. The Morgan fingerprint density at radius 3 is 2.48 bits per heavy atom. The number of nitrogens with one attached hydrogen (secondary N) is 2. The summed E-state index contributed by atoms with van der Waals surface area (Å²) in [5, 5.41) is 5.84. The fourth-order valence-corrected chi connectivity index (χ4v) is 2.98. The molecule has 0 saturated heterocycles. The van der Waals surface area contributed by atoms with Crippen molar-refractivity contribution in [1.82, 2.24) is 14.9 Å². The Morgan fingerprint density at radius 2 is 1.78 bits per heavy atom. The van der Waals surface area contributed by atoms with E-state index in [0.717, 1.165) is 22.3 Å². The second-order valence-corrected chi connectivity index (χ2v) is 6.60. The van der Waals surface area contributed by atoms with Gasteiger partial charge in [-0.3, -0.25) is 9.59 Å². The second-order valence-electron chi connectivity index (χ2n) is 6.60. The van der Waals surface area contributed by atoms with Crippen LogP contribution < -0.4 is 10.6 Å². The van der Waals surface area contributed by atoms with Gasteiger partial charge in [-0.15, -0.1) is 0 Å². The number of anilines is 1. The first kappa shape index (κ1) is 18.6. The van der Waals surface area contributed by atoms with Crippen molar-refractivity contribution in [3.8, 4) is 0 Å². The highest BCUT2D eigenvalue weighted by Gasteiger charge is 2.19. The number of nitrogens with zero attached hydrogens (tertiary/aromatic N) is 2. The molecule has 0 fully saturated rings. The number of hydrogen-bond donors (Lipinski definition) is 2. The molecule has 0 spiro atoms. The number of imidazole rings is 1. The van der Waals surface area contributed by atoms with Gasteiger partial charge in [0, 0.05) is 12.1 Å². The fraction of sp³-hybridized carbons (Fsp3) is 0.286. The van der Waals surface area contributed by atoms with Crippen LogP contribution in [0.15, 0.2) is 48.5 Å². The molecular weight excluding hydrogens is 340 g/mol. The average molecular weight is 364 g/mol. The summed E-state index contributed by atoms with van der Waals surface area (Å²) in [6, 6.07) is 15.0. The van der Waals surface area contributed by atoms with E-state index >= 15 is 0 Å². The van der Waals surface area contributed by atoms with Crippen molar-refractivity contribution in [2.24, 2.45) is 0 Å². The number of amides is 2. The zero-order chi connectivity index (χ0) is 19.4. The van der Waals surface area contributed by atoms with E-state index in [-0.39, 0.29) is 24.4 Å². The molecule has 2 N–H and O–H groups in total. The van der Waals surface area contributed by atoms with Gasteiger partial charge in [0.2, 0.25) is 11.8 Å². The van der Waals surface area contributed by atoms with Crippen LogP contribution >= 0.6 is 0 Å². The average Bonchev–Trinajstić information content (AvgIpc) is 3.02. The number of carbonyl (C=O) groups is 2. The smallest absolute Gasteiger partial charge is 0.244 e. The topological polar surface area (TPSA) is 76.0 Å². The molecule has 6 heteroatoms. The number of fused-ring (bicyclic) bond motifs is 1. The molecule has 0 bridgehead atoms. The number of aryl methyl sites for hydroxylation is 1. The predicted octanol–water partition coefficient (Wildman–Crippen LogP) is 3.57. The minimum absolute atomic E-state index is 0.0507. The summed E-state index contributed by atoms with van der Waals surface area (Å²) in [7, 11) is 0. The molecule has 0 aliphatic carbocycles. The summed E-state index contributed by atoms with van der Waals surface area (Å²) in [4.78, 5) is 29.0. The second kappa shape index (κ2) is 8.03. The lowest BCUT2D eigenvalue weighted by molar-refractivity contribution is -0.121. The Labute approximate surface area is 158 Å². The maximum absolute atomic E-state index is 12.6. The van der Waals surface area contributed by atoms with E-state index in [1.165, 1.54) is 0 Å². The summed E-state index contributed by atoms with van der Waals surface area (Å²) >= 11 is 0. The van der Waals surface area contributed by atoms with E-state index in [4.69, 9.17) is 0 Å². The normalized spacial score (nSPS) is 12.0. The minimum Gasteiger partial charge on any atom is -0.346 e. The molecule has 0 aliphatic rings. The van der Waals surface area contributed by atoms with Gasteiger partial charge in [0.15, 0.2) is 0 Å². The summed E-state index contributed by atoms with van der Waals surface area (Å²) in [5.74, 6) is 0.472. The third kappa shape index (κ3) is 4.34. The van der Waals surface area contributed by atoms with E-state index < -0.39 is 0 Å². The SMILES string of the molecule is CCC(=O)NC(C)c1nc2ccccc2n1CC(=O)Nc1ccc(C)cc1. The molecule has 1 unspecified atom stereocenters. The largest absolute Gasteiger partial charge is 0.346 e. The Kier molecular flexibility index (Phi) is 5.54. The first-order valence-corrected chi connectivity index (χ1v) is 9.09. The van der Waals surface area contributed by atoms with Crippen LogP contribution in [0.25, 0.3) is 11.0 Å². The van der Waals surface area contributed by atoms with Crippen LogP contribution in [0.1, 0.15) is 37.7 Å². The lowest BCUT2D eigenvalue weighted by Crippen LogP contribution is -2.29. The van der Waals surface area contributed by atoms with Crippen LogP contribution in [-0.2, 0) is 16.1 Å². The Morgan fingerprint density at radius 1 is 1.07 bits per heavy atom. The lowest BCUT2D eigenvalue weighted by atomic mass is 10.2. The van der Waals surface area contributed by atoms with Crippen LogP contribution in [0.4, 0.5) is 5.69 Å². The van der Waals surface area contributed by atoms with Gasteiger partial charge in [-0.1, -0.05) is 36.8 Å². The van der Waals surface area contributed by atoms with Gasteiger partial charge in [0.25, 0.3) is 0 Å². The third-order valence-electron chi connectivity index (χ3n) is 4.41. The molecule has 0 aliphatic heterocycles. The van der Waals surface area contributed by atoms with Gasteiger partial charge >= 0.3 is 0 Å². The number of aromatic nitrogens is 2. The van der Waals surface area contributed by atoms with Crippen molar-refractivity contribution < 1.29 is 9.59 Å². The Balaban J connectivity index is 1.87. The molecule has 3 aromatic rings. The Bertz CT molecular complexity index is 960. The number of carbonyl (C=O) groups excluding carboxylic acids is 2. The van der Waals surface area contributed by atoms with Gasteiger partial charge < -0.3 is 15.2 Å². The summed E-state index contributed by atoms with van der Waals surface area (Å²) in [6.45, 7) is 5.81. The summed E-state index contributed by atoms with van der Waals surface area (Å²) in [5.41, 5.74) is 3.55. The van der Waals surface area contributed by atoms with Crippen molar-refractivity contribution >= 4 is 28.5 Å². The molecule has 1 heterocycles. The lowest BCUT2D eigenvalue weighted by Gasteiger charge is -2.16. The van der Waals surface area contributed by atoms with Gasteiger partial charge in [-0.05, 0) is 38.1 Å². The highest BCUT2D eigenvalue weighted by molar-refractivity contribution is 5.91. The highest BCUT2D eigenvalue weighted by atomic mass is 16.2. The number of hydrogen-bond acceptors (Lipinski definition) is 3. The number of rotatable bonds is 6. The molecule has 0 saturated carbocycles. The molecule has 2 amide bonds. The van der Waals surface area contributed by atoms with E-state index in [1.54, 1.807) is 6.92 Å². The Hall–Kier alpha value is -3.15. The minimum atomic E-state index is -0.294. The van der Waals surface area contributed by atoms with Crippen LogP contribution in [-0.4, -0.2) is 21.4 Å². The molecular formula is C21H24N4O2. The van der Waals surface area contributed by atoms with Crippen LogP contribution in [0.3, 0.4) is 0 Å². The maximum atomic E-state index is 12.6. The van der Waals surface area contributed by atoms with E-state index in [2.05, 4.69) is 15.6 Å². The fourth-order valence-electron chi connectivity index (χ4n) is 2.98. The van der Waals surface area contributed by atoms with E-state index in [9.17, 15) is 9.59 Å². The van der Waals surface area contributed by atoms with Gasteiger partial charge in [0.1, 0.15) is 12.4 Å². The van der Waals surface area contributed by atoms with Crippen molar-refractivity contribution in [3.63, 3.8) is 0 Å². The van der Waals surface area contributed by atoms with Crippen molar-refractivity contribution in [2.75, 3.05) is 5.32 Å². The van der Waals surface area contributed by atoms with Crippen molar-refractivity contribution in [1.29, 1.82) is 0 Å². The van der Waals surface area contributed by atoms with Crippen LogP contribution in [0.2, 0.25) is 0 Å². The van der Waals surface area contributed by atoms with Crippen molar-refractivity contribution in [3.05, 3.63) is 59.9 Å². The highest BCUT2D eigenvalue weighted by Crippen LogP contribution is 2.21. The summed E-state index contributed by atoms with van der Waals surface area (Å²) < 4.78 is 1.86. The molecule has 27 heavy (non-hydrogen) atoms. The molecule has 6 nitrogen and oxygen atoms in total. The number of benzene rings is 2. The van der Waals surface area contributed by atoms with Crippen LogP contribution in [0, 0.1) is 6.92 Å². The first-order valence-electron chi connectivity index (χ1n) is 9.09. The molecule has 1 aromatic heterocycles. The quantitative estimate of drug-likeness (QED) is 0.702. The molecule has 3 rings (SSSR count). The first-order chi connectivity index (χ1) is 13.0. The maximum Gasteiger partial charge on any atom is 0.244 e. The van der Waals surface area contributed by atoms with E-state index in [0.29, 0.717) is 12.2 Å². The van der Waals surface area contributed by atoms with Gasteiger partial charge in [-0.2, -0.15) is 0 Å². The van der Waals surface area contributed by atoms with E-state index in [1.807, 2.05) is 66.9 Å². The van der Waals surface area contributed by atoms with Gasteiger partial charge in [-0.25, -0.2) is 4.98 Å². The van der Waals surface area contributed by atoms with Crippen LogP contribution in [0.5, 0.6) is 0 Å². The third-order valence-corrected chi connectivity index (χ3v) is 4.41. The molecule has 0 radical (unpaired) electrons. The monoisotopic (exact) mass is 364 g/mol. The standard InChI is InChI=1S/C21H24N4O2/c1-4-19(26)22-15(3)21-24-17-7-5-6-8-18(17)25(21)13-20(27)23-16-11-9-14(2)10-12-16/h5-12,15H,4,13H2,1-3H3,(H,22,26)(H,23,27). The summed E-state index contributed by atoms with van der Waals surface area (Å²) in [6.07, 6.45) is 0.401. The molecule has 140 valence electrons. The number of para-hydroxylation sites is 2. The van der Waals surface area contributed by atoms with Crippen molar-refractivity contribution in [2.45, 2.75) is 39.8 Å². The zero-order valence-corrected chi connectivity index (χ0v) is 15.8. The molecule has 2 aromatic carbocycles.